The molecule has 138 valence electrons. The normalized spacial score (nSPS) is 17.2. The second-order valence-corrected chi connectivity index (χ2v) is 6.45. The van der Waals surface area contributed by atoms with Crippen LogP contribution in [0.2, 0.25) is 0 Å². The molecule has 0 bridgehead atoms. The van der Waals surface area contributed by atoms with Gasteiger partial charge in [0.25, 0.3) is 5.91 Å². The summed E-state index contributed by atoms with van der Waals surface area (Å²) < 4.78 is 11.2. The maximum Gasteiger partial charge on any atom is 0.251 e. The second kappa shape index (κ2) is 9.42. The number of rotatable bonds is 9. The fourth-order valence-electron chi connectivity index (χ4n) is 3.06. The van der Waals surface area contributed by atoms with Gasteiger partial charge in [-0.3, -0.25) is 9.59 Å². The zero-order chi connectivity index (χ0) is 18.2. The zero-order valence-electron chi connectivity index (χ0n) is 15.1. The first-order chi connectivity index (χ1) is 12.0. The molecule has 1 aromatic rings. The van der Waals surface area contributed by atoms with E-state index >= 15 is 0 Å². The van der Waals surface area contributed by atoms with Crippen LogP contribution in [-0.4, -0.2) is 42.7 Å². The van der Waals surface area contributed by atoms with E-state index in [1.54, 1.807) is 4.90 Å². The number of nitrogens with zero attached hydrogens (tertiary/aromatic N) is 1. The van der Waals surface area contributed by atoms with Crippen LogP contribution in [0.15, 0.2) is 24.3 Å². The summed E-state index contributed by atoms with van der Waals surface area (Å²) in [4.78, 5) is 24.7. The number of nitrogens with two attached hydrogens (primary N) is 1. The lowest BCUT2D eigenvalue weighted by Gasteiger charge is -2.33. The Labute approximate surface area is 149 Å². The summed E-state index contributed by atoms with van der Waals surface area (Å²) in [5.41, 5.74) is 6.36. The summed E-state index contributed by atoms with van der Waals surface area (Å²) in [6, 6.07) is 7.87. The van der Waals surface area contributed by atoms with Crippen molar-refractivity contribution in [3.05, 3.63) is 29.8 Å². The van der Waals surface area contributed by atoms with Crippen molar-refractivity contribution >= 4 is 11.8 Å². The average molecular weight is 348 g/mol. The van der Waals surface area contributed by atoms with Crippen molar-refractivity contribution in [2.45, 2.75) is 45.8 Å². The third kappa shape index (κ3) is 5.74. The highest BCUT2D eigenvalue weighted by molar-refractivity contribution is 5.78. The number of ether oxygens (including phenoxy) is 2. The number of para-hydroxylation sites is 1. The van der Waals surface area contributed by atoms with Crippen LogP contribution in [0.25, 0.3) is 0 Å². The van der Waals surface area contributed by atoms with E-state index in [1.807, 2.05) is 31.2 Å². The molecule has 6 nitrogen and oxygen atoms in total. The molecule has 0 radical (unpaired) electrons. The van der Waals surface area contributed by atoms with E-state index in [0.717, 1.165) is 30.6 Å². The molecule has 1 aliphatic rings. The molecule has 0 aromatic heterocycles. The monoisotopic (exact) mass is 348 g/mol. The van der Waals surface area contributed by atoms with Crippen molar-refractivity contribution in [1.29, 1.82) is 0 Å². The highest BCUT2D eigenvalue weighted by atomic mass is 16.5. The summed E-state index contributed by atoms with van der Waals surface area (Å²) in [7, 11) is 0. The first-order valence-corrected chi connectivity index (χ1v) is 8.91. The SMILES string of the molecule is CCC(CCC(N)=O)Cc1ccccc1OC(C)N1CCOCC1=O. The smallest absolute Gasteiger partial charge is 0.251 e. The lowest BCUT2D eigenvalue weighted by Crippen LogP contribution is -2.48. The summed E-state index contributed by atoms with van der Waals surface area (Å²) >= 11 is 0. The topological polar surface area (TPSA) is 81.9 Å². The standard InChI is InChI=1S/C19H28N2O4/c1-3-15(8-9-18(20)22)12-16-6-4-5-7-17(16)25-14(2)21-10-11-24-13-19(21)23/h4-7,14-15H,3,8-13H2,1-2H3,(H2,20,22). The van der Waals surface area contributed by atoms with E-state index in [1.165, 1.54) is 0 Å². The molecular weight excluding hydrogens is 320 g/mol. The van der Waals surface area contributed by atoms with Crippen molar-refractivity contribution < 1.29 is 19.1 Å². The van der Waals surface area contributed by atoms with Gasteiger partial charge in [-0.2, -0.15) is 0 Å². The van der Waals surface area contributed by atoms with Crippen LogP contribution in [0.3, 0.4) is 0 Å². The zero-order valence-corrected chi connectivity index (χ0v) is 15.1. The number of hydrogen-bond acceptors (Lipinski definition) is 4. The highest BCUT2D eigenvalue weighted by Gasteiger charge is 2.25. The second-order valence-electron chi connectivity index (χ2n) is 6.45. The molecule has 0 spiro atoms. The minimum atomic E-state index is -0.344. The molecule has 25 heavy (non-hydrogen) atoms. The molecule has 6 heteroatoms. The minimum Gasteiger partial charge on any atom is -0.470 e. The molecule has 2 atom stereocenters. The Balaban J connectivity index is 2.03. The molecule has 0 aliphatic carbocycles. The van der Waals surface area contributed by atoms with E-state index in [2.05, 4.69) is 6.92 Å². The summed E-state index contributed by atoms with van der Waals surface area (Å²) in [6.07, 6.45) is 2.63. The molecule has 2 unspecified atom stereocenters. The third-order valence-electron chi connectivity index (χ3n) is 4.62. The van der Waals surface area contributed by atoms with E-state index in [4.69, 9.17) is 15.2 Å². The Morgan fingerprint density at radius 3 is 2.84 bits per heavy atom. The van der Waals surface area contributed by atoms with Gasteiger partial charge in [-0.05, 0) is 37.3 Å². The summed E-state index contributed by atoms with van der Waals surface area (Å²) in [5, 5.41) is 0. The summed E-state index contributed by atoms with van der Waals surface area (Å²) in [6.45, 7) is 5.18. The van der Waals surface area contributed by atoms with E-state index in [-0.39, 0.29) is 24.6 Å². The lowest BCUT2D eigenvalue weighted by atomic mass is 9.92. The van der Waals surface area contributed by atoms with Crippen LogP contribution >= 0.6 is 0 Å². The van der Waals surface area contributed by atoms with Gasteiger partial charge in [0.2, 0.25) is 5.91 Å². The van der Waals surface area contributed by atoms with Crippen molar-refractivity contribution in [2.75, 3.05) is 19.8 Å². The molecule has 1 fully saturated rings. The number of benzene rings is 1. The van der Waals surface area contributed by atoms with Crippen molar-refractivity contribution in [3.8, 4) is 5.75 Å². The lowest BCUT2D eigenvalue weighted by molar-refractivity contribution is -0.152. The number of hydrogen-bond donors (Lipinski definition) is 1. The van der Waals surface area contributed by atoms with Crippen molar-refractivity contribution in [2.24, 2.45) is 11.7 Å². The van der Waals surface area contributed by atoms with Crippen LogP contribution in [0.1, 0.15) is 38.7 Å². The Morgan fingerprint density at radius 1 is 1.40 bits per heavy atom. The Kier molecular flexibility index (Phi) is 7.25. The Morgan fingerprint density at radius 2 is 2.16 bits per heavy atom. The van der Waals surface area contributed by atoms with Gasteiger partial charge in [0.15, 0.2) is 6.23 Å². The molecular formula is C19H28N2O4. The van der Waals surface area contributed by atoms with Gasteiger partial charge in [0, 0.05) is 13.0 Å². The number of morpholine rings is 1. The van der Waals surface area contributed by atoms with Gasteiger partial charge in [0.1, 0.15) is 12.4 Å². The maximum atomic E-state index is 12.0. The predicted octanol–water partition coefficient (Wildman–Crippen LogP) is 2.10. The predicted molar refractivity (Wildman–Crippen MR) is 95.0 cm³/mol. The molecule has 1 aliphatic heterocycles. The molecule has 2 amide bonds. The van der Waals surface area contributed by atoms with Crippen LogP contribution in [0.4, 0.5) is 0 Å². The van der Waals surface area contributed by atoms with Crippen molar-refractivity contribution in [3.63, 3.8) is 0 Å². The van der Waals surface area contributed by atoms with Crippen LogP contribution < -0.4 is 10.5 Å². The van der Waals surface area contributed by atoms with Crippen LogP contribution in [0, 0.1) is 5.92 Å². The summed E-state index contributed by atoms with van der Waals surface area (Å²) in [5.74, 6) is 0.843. The number of carbonyl (C=O) groups is 2. The molecule has 2 N–H and O–H groups in total. The quantitative estimate of drug-likeness (QED) is 0.741. The first kappa shape index (κ1) is 19.2. The Bertz CT molecular complexity index is 591. The third-order valence-corrected chi connectivity index (χ3v) is 4.62. The largest absolute Gasteiger partial charge is 0.470 e. The van der Waals surface area contributed by atoms with Gasteiger partial charge >= 0.3 is 0 Å². The van der Waals surface area contributed by atoms with Crippen LogP contribution in [0.5, 0.6) is 5.75 Å². The molecule has 2 rings (SSSR count). The van der Waals surface area contributed by atoms with Crippen molar-refractivity contribution in [1.82, 2.24) is 4.90 Å². The molecule has 1 heterocycles. The van der Waals surface area contributed by atoms with Gasteiger partial charge in [-0.1, -0.05) is 31.5 Å². The fraction of sp³-hybridized carbons (Fsp3) is 0.579. The first-order valence-electron chi connectivity index (χ1n) is 8.91. The average Bonchev–Trinajstić information content (AvgIpc) is 2.60. The van der Waals surface area contributed by atoms with E-state index in [0.29, 0.717) is 25.5 Å². The van der Waals surface area contributed by atoms with Gasteiger partial charge < -0.3 is 20.1 Å². The molecule has 1 saturated heterocycles. The van der Waals surface area contributed by atoms with E-state index < -0.39 is 0 Å². The van der Waals surface area contributed by atoms with Gasteiger partial charge in [0.05, 0.1) is 6.61 Å². The van der Waals surface area contributed by atoms with Gasteiger partial charge in [-0.15, -0.1) is 0 Å². The Hall–Kier alpha value is -2.08. The van der Waals surface area contributed by atoms with E-state index in [9.17, 15) is 9.59 Å². The number of carbonyl (C=O) groups excluding carboxylic acids is 2. The highest BCUT2D eigenvalue weighted by Crippen LogP contribution is 2.26. The number of amides is 2. The van der Waals surface area contributed by atoms with Crippen LogP contribution in [-0.2, 0) is 20.7 Å². The fourth-order valence-corrected chi connectivity index (χ4v) is 3.06. The molecule has 1 aromatic carbocycles. The minimum absolute atomic E-state index is 0.0517. The number of primary amides is 1. The molecule has 0 saturated carbocycles. The maximum absolute atomic E-state index is 12.0. The van der Waals surface area contributed by atoms with Gasteiger partial charge in [-0.25, -0.2) is 0 Å².